The van der Waals surface area contributed by atoms with Crippen LogP contribution >= 0.6 is 0 Å². The first-order valence-corrected chi connectivity index (χ1v) is 8.17. The van der Waals surface area contributed by atoms with E-state index in [1.807, 2.05) is 0 Å². The minimum atomic E-state index is -0.936. The van der Waals surface area contributed by atoms with Crippen LogP contribution in [0.4, 0.5) is 14.5 Å². The molecule has 0 radical (unpaired) electrons. The molecule has 0 saturated heterocycles. The van der Waals surface area contributed by atoms with E-state index < -0.39 is 23.6 Å². The Morgan fingerprint density at radius 3 is 2.48 bits per heavy atom. The summed E-state index contributed by atoms with van der Waals surface area (Å²) in [6.07, 6.45) is 0.387. The van der Waals surface area contributed by atoms with Crippen LogP contribution in [0.2, 0.25) is 0 Å². The van der Waals surface area contributed by atoms with Crippen LogP contribution in [0.5, 0.6) is 5.75 Å². The van der Waals surface area contributed by atoms with Crippen LogP contribution in [0.25, 0.3) is 10.9 Å². The number of ketones is 1. The Hall–Kier alpha value is -3.35. The largest absolute Gasteiger partial charge is 0.480 e. The number of rotatable bonds is 5. The van der Waals surface area contributed by atoms with Gasteiger partial charge in [0, 0.05) is 28.9 Å². The standard InChI is InChI=1S/C20H16F2N2O3/c1-11(25)13-3-5-15(6-4-13)24-20(26)12(2)27-18-7-8-23-19-16(18)9-14(21)10-17(19)22/h3-10,12H,1-2H3,(H,24,26). The zero-order chi connectivity index (χ0) is 19.6. The molecular weight excluding hydrogens is 354 g/mol. The van der Waals surface area contributed by atoms with E-state index in [9.17, 15) is 18.4 Å². The van der Waals surface area contributed by atoms with Crippen molar-refractivity contribution in [2.75, 3.05) is 5.32 Å². The van der Waals surface area contributed by atoms with Crippen LogP contribution < -0.4 is 10.1 Å². The van der Waals surface area contributed by atoms with Gasteiger partial charge in [-0.15, -0.1) is 0 Å². The van der Waals surface area contributed by atoms with E-state index in [-0.39, 0.29) is 22.4 Å². The summed E-state index contributed by atoms with van der Waals surface area (Å²) in [7, 11) is 0. The molecule has 0 fully saturated rings. The molecule has 2 aromatic carbocycles. The predicted molar refractivity (Wildman–Crippen MR) is 96.8 cm³/mol. The molecule has 0 aliphatic rings. The summed E-state index contributed by atoms with van der Waals surface area (Å²) in [5, 5.41) is 2.80. The maximum absolute atomic E-state index is 13.8. The van der Waals surface area contributed by atoms with Crippen LogP contribution in [-0.2, 0) is 4.79 Å². The summed E-state index contributed by atoms with van der Waals surface area (Å²) < 4.78 is 33.0. The maximum atomic E-state index is 13.8. The number of nitrogens with zero attached hydrogens (tertiary/aromatic N) is 1. The van der Waals surface area contributed by atoms with E-state index in [4.69, 9.17) is 4.74 Å². The second-order valence-corrected chi connectivity index (χ2v) is 5.98. The fourth-order valence-electron chi connectivity index (χ4n) is 2.53. The summed E-state index contributed by atoms with van der Waals surface area (Å²) in [4.78, 5) is 27.5. The molecule has 3 rings (SSSR count). The summed E-state index contributed by atoms with van der Waals surface area (Å²) in [6, 6.07) is 9.69. The van der Waals surface area contributed by atoms with Gasteiger partial charge in [-0.1, -0.05) is 0 Å². The molecule has 0 aliphatic carbocycles. The number of aromatic nitrogens is 1. The number of Topliss-reactive ketones (excluding diaryl/α,β-unsaturated/α-hetero) is 1. The van der Waals surface area contributed by atoms with E-state index in [2.05, 4.69) is 10.3 Å². The van der Waals surface area contributed by atoms with Crippen molar-refractivity contribution in [3.8, 4) is 5.75 Å². The molecule has 138 valence electrons. The Bertz CT molecular complexity index is 1020. The Kier molecular flexibility index (Phi) is 5.12. The third-order valence-electron chi connectivity index (χ3n) is 3.96. The van der Waals surface area contributed by atoms with Crippen molar-refractivity contribution in [2.24, 2.45) is 0 Å². The normalized spacial score (nSPS) is 11.9. The summed E-state index contributed by atoms with van der Waals surface area (Å²) in [6.45, 7) is 2.97. The lowest BCUT2D eigenvalue weighted by molar-refractivity contribution is -0.122. The van der Waals surface area contributed by atoms with Crippen LogP contribution in [0.1, 0.15) is 24.2 Å². The van der Waals surface area contributed by atoms with Gasteiger partial charge in [0.2, 0.25) is 0 Å². The SMILES string of the molecule is CC(=O)c1ccc(NC(=O)C(C)Oc2ccnc3c(F)cc(F)cc23)cc1. The molecule has 0 spiro atoms. The summed E-state index contributed by atoms with van der Waals surface area (Å²) in [5.41, 5.74) is 0.989. The highest BCUT2D eigenvalue weighted by molar-refractivity contribution is 5.97. The number of ether oxygens (including phenoxy) is 1. The maximum Gasteiger partial charge on any atom is 0.265 e. The van der Waals surface area contributed by atoms with Gasteiger partial charge in [-0.2, -0.15) is 0 Å². The number of anilines is 1. The topological polar surface area (TPSA) is 68.3 Å². The van der Waals surface area contributed by atoms with Gasteiger partial charge in [0.25, 0.3) is 5.91 Å². The van der Waals surface area contributed by atoms with Gasteiger partial charge in [0.15, 0.2) is 17.7 Å². The lowest BCUT2D eigenvalue weighted by Gasteiger charge is -2.16. The quantitative estimate of drug-likeness (QED) is 0.686. The molecule has 7 heteroatoms. The summed E-state index contributed by atoms with van der Waals surface area (Å²) >= 11 is 0. The van der Waals surface area contributed by atoms with Crippen LogP contribution in [0.3, 0.4) is 0 Å². The number of fused-ring (bicyclic) bond motifs is 1. The average molecular weight is 370 g/mol. The fraction of sp³-hybridized carbons (Fsp3) is 0.150. The molecule has 27 heavy (non-hydrogen) atoms. The second kappa shape index (κ2) is 7.49. The molecule has 3 aromatic rings. The van der Waals surface area contributed by atoms with E-state index in [1.165, 1.54) is 26.1 Å². The number of hydrogen-bond acceptors (Lipinski definition) is 4. The zero-order valence-electron chi connectivity index (χ0n) is 14.6. The molecule has 1 unspecified atom stereocenters. The van der Waals surface area contributed by atoms with Crippen molar-refractivity contribution in [2.45, 2.75) is 20.0 Å². The van der Waals surface area contributed by atoms with Crippen LogP contribution in [-0.4, -0.2) is 22.8 Å². The lowest BCUT2D eigenvalue weighted by Crippen LogP contribution is -2.30. The van der Waals surface area contributed by atoms with Gasteiger partial charge in [-0.3, -0.25) is 14.6 Å². The minimum absolute atomic E-state index is 0.0404. The minimum Gasteiger partial charge on any atom is -0.480 e. The molecule has 1 aromatic heterocycles. The van der Waals surface area contributed by atoms with Crippen molar-refractivity contribution in [3.05, 3.63) is 65.9 Å². The number of nitrogens with one attached hydrogen (secondary N) is 1. The Morgan fingerprint density at radius 2 is 1.81 bits per heavy atom. The highest BCUT2D eigenvalue weighted by atomic mass is 19.1. The first-order valence-electron chi connectivity index (χ1n) is 8.17. The van der Waals surface area contributed by atoms with Crippen molar-refractivity contribution >= 4 is 28.3 Å². The third kappa shape index (κ3) is 4.08. The monoisotopic (exact) mass is 370 g/mol. The third-order valence-corrected chi connectivity index (χ3v) is 3.96. The first kappa shape index (κ1) is 18.4. The van der Waals surface area contributed by atoms with Crippen molar-refractivity contribution < 1.29 is 23.1 Å². The zero-order valence-corrected chi connectivity index (χ0v) is 14.6. The molecule has 1 heterocycles. The highest BCUT2D eigenvalue weighted by Gasteiger charge is 2.18. The molecule has 0 saturated carbocycles. The predicted octanol–water partition coefficient (Wildman–Crippen LogP) is 4.12. The average Bonchev–Trinajstić information content (AvgIpc) is 2.62. The molecular formula is C20H16F2N2O3. The van der Waals surface area contributed by atoms with Crippen molar-refractivity contribution in [1.29, 1.82) is 0 Å². The van der Waals surface area contributed by atoms with Gasteiger partial charge >= 0.3 is 0 Å². The molecule has 1 atom stereocenters. The van der Waals surface area contributed by atoms with Gasteiger partial charge < -0.3 is 10.1 Å². The van der Waals surface area contributed by atoms with Crippen molar-refractivity contribution in [1.82, 2.24) is 4.98 Å². The molecule has 1 amide bonds. The van der Waals surface area contributed by atoms with Crippen LogP contribution in [0.15, 0.2) is 48.7 Å². The number of benzene rings is 2. The van der Waals surface area contributed by atoms with Crippen molar-refractivity contribution in [3.63, 3.8) is 0 Å². The smallest absolute Gasteiger partial charge is 0.265 e. The summed E-state index contributed by atoms with van der Waals surface area (Å²) in [5.74, 6) is -1.95. The lowest BCUT2D eigenvalue weighted by atomic mass is 10.1. The number of carbonyl (C=O) groups excluding carboxylic acids is 2. The Balaban J connectivity index is 1.77. The number of hydrogen-bond donors (Lipinski definition) is 1. The number of halogens is 2. The Labute approximate surface area is 154 Å². The highest BCUT2D eigenvalue weighted by Crippen LogP contribution is 2.27. The molecule has 0 aliphatic heterocycles. The van der Waals surface area contributed by atoms with E-state index >= 15 is 0 Å². The number of pyridine rings is 1. The van der Waals surface area contributed by atoms with Gasteiger partial charge in [-0.05, 0) is 50.2 Å². The fourth-order valence-corrected chi connectivity index (χ4v) is 2.53. The van der Waals surface area contributed by atoms with Gasteiger partial charge in [0.1, 0.15) is 17.1 Å². The van der Waals surface area contributed by atoms with Gasteiger partial charge in [0.05, 0.1) is 0 Å². The first-order chi connectivity index (χ1) is 12.8. The van der Waals surface area contributed by atoms with E-state index in [0.717, 1.165) is 12.1 Å². The van der Waals surface area contributed by atoms with E-state index in [0.29, 0.717) is 11.3 Å². The number of amides is 1. The Morgan fingerprint density at radius 1 is 1.11 bits per heavy atom. The van der Waals surface area contributed by atoms with Crippen LogP contribution in [0, 0.1) is 11.6 Å². The molecule has 1 N–H and O–H groups in total. The molecule has 5 nitrogen and oxygen atoms in total. The van der Waals surface area contributed by atoms with E-state index in [1.54, 1.807) is 24.3 Å². The number of carbonyl (C=O) groups is 2. The van der Waals surface area contributed by atoms with Gasteiger partial charge in [-0.25, -0.2) is 8.78 Å². The molecule has 0 bridgehead atoms. The second-order valence-electron chi connectivity index (χ2n) is 5.98.